The van der Waals surface area contributed by atoms with E-state index in [1.807, 2.05) is 65.2 Å². The van der Waals surface area contributed by atoms with E-state index in [2.05, 4.69) is 35.2 Å². The summed E-state index contributed by atoms with van der Waals surface area (Å²) in [5, 5.41) is 15.2. The minimum atomic E-state index is -0.978. The number of imidazole rings is 1. The van der Waals surface area contributed by atoms with E-state index >= 15 is 0 Å². The first-order valence-electron chi connectivity index (χ1n) is 15.2. The van der Waals surface area contributed by atoms with Crippen LogP contribution in [0.1, 0.15) is 70.4 Å². The Labute approximate surface area is 274 Å². The van der Waals surface area contributed by atoms with Gasteiger partial charge < -0.3 is 20.3 Å². The van der Waals surface area contributed by atoms with Crippen molar-refractivity contribution < 1.29 is 19.5 Å². The lowest BCUT2D eigenvalue weighted by Crippen LogP contribution is -2.34. The number of nitrogens with one attached hydrogen (secondary N) is 2. The molecule has 4 aromatic rings. The Hall–Kier alpha value is -4.08. The van der Waals surface area contributed by atoms with Crippen LogP contribution >= 0.6 is 24.2 Å². The van der Waals surface area contributed by atoms with Crippen LogP contribution in [0, 0.1) is 0 Å². The molecule has 0 fully saturated rings. The van der Waals surface area contributed by atoms with Crippen LogP contribution < -0.4 is 10.6 Å². The van der Waals surface area contributed by atoms with Gasteiger partial charge >= 0.3 is 5.97 Å². The number of rotatable bonds is 16. The second-order valence-electron chi connectivity index (χ2n) is 10.9. The van der Waals surface area contributed by atoms with Crippen molar-refractivity contribution in [2.24, 2.45) is 0 Å². The lowest BCUT2D eigenvalue weighted by molar-refractivity contribution is -0.120. The minimum absolute atomic E-state index is 0.111. The van der Waals surface area contributed by atoms with Gasteiger partial charge in [-0.3, -0.25) is 9.59 Å². The molecule has 45 heavy (non-hydrogen) atoms. The van der Waals surface area contributed by atoms with Gasteiger partial charge in [0.15, 0.2) is 5.15 Å². The SMILES string of the molecule is CCCCc1nc(Cl)c(C(=O)NCCCCNC(=O)[C@@H](S)Cc2ccccc2)n1Cc1ccc(-c2ccccc2C(=O)O)cc1. The van der Waals surface area contributed by atoms with Gasteiger partial charge in [-0.2, -0.15) is 12.6 Å². The highest BCUT2D eigenvalue weighted by atomic mass is 35.5. The summed E-state index contributed by atoms with van der Waals surface area (Å²) in [6, 6.07) is 24.3. The number of aryl methyl sites for hydroxylation is 1. The van der Waals surface area contributed by atoms with Crippen molar-refractivity contribution in [2.75, 3.05) is 13.1 Å². The zero-order valence-electron chi connectivity index (χ0n) is 25.3. The summed E-state index contributed by atoms with van der Waals surface area (Å²) in [7, 11) is 0. The maximum atomic E-state index is 13.3. The molecule has 2 amide bonds. The zero-order valence-corrected chi connectivity index (χ0v) is 27.0. The lowest BCUT2D eigenvalue weighted by atomic mass is 9.99. The molecule has 10 heteroatoms. The quantitative estimate of drug-likeness (QED) is 0.0824. The van der Waals surface area contributed by atoms with E-state index in [1.165, 1.54) is 0 Å². The van der Waals surface area contributed by atoms with Gasteiger partial charge in [-0.05, 0) is 54.0 Å². The number of benzene rings is 3. The third-order valence-electron chi connectivity index (χ3n) is 7.50. The molecular weight excluding hydrogens is 608 g/mol. The van der Waals surface area contributed by atoms with Crippen LogP contribution in [0.15, 0.2) is 78.9 Å². The molecule has 0 radical (unpaired) electrons. The molecule has 1 aromatic heterocycles. The molecule has 0 unspecified atom stereocenters. The molecule has 0 aliphatic carbocycles. The molecule has 0 bridgehead atoms. The highest BCUT2D eigenvalue weighted by Gasteiger charge is 2.22. The van der Waals surface area contributed by atoms with E-state index in [4.69, 9.17) is 11.6 Å². The summed E-state index contributed by atoms with van der Waals surface area (Å²) in [5.74, 6) is -0.647. The van der Waals surface area contributed by atoms with Crippen molar-refractivity contribution in [1.29, 1.82) is 0 Å². The number of unbranched alkanes of at least 4 members (excludes halogenated alkanes) is 2. The van der Waals surface area contributed by atoms with Crippen LogP contribution in [-0.4, -0.2) is 50.8 Å². The first-order valence-corrected chi connectivity index (χ1v) is 16.1. The molecule has 1 atom stereocenters. The number of thiol groups is 1. The number of carbonyl (C=O) groups is 3. The third kappa shape index (κ3) is 9.45. The lowest BCUT2D eigenvalue weighted by Gasteiger charge is -2.14. The molecule has 4 rings (SSSR count). The molecular formula is C35H39ClN4O4S. The summed E-state index contributed by atoms with van der Waals surface area (Å²) >= 11 is 11.0. The molecule has 236 valence electrons. The number of carboxylic acids is 1. The molecule has 3 aromatic carbocycles. The first kappa shape index (κ1) is 33.8. The Morgan fingerprint density at radius 3 is 2.24 bits per heavy atom. The van der Waals surface area contributed by atoms with Gasteiger partial charge in [0, 0.05) is 26.1 Å². The standard InChI is InChI=1S/C35H39ClN4O4S/c1-2-3-15-30-39-32(36)31(34(42)38-21-10-9-20-37-33(41)29(45)22-24-11-5-4-6-12-24)40(30)23-25-16-18-26(19-17-25)27-13-7-8-14-28(27)35(43)44/h4-8,11-14,16-19,29,45H,2-3,9-10,15,20-23H2,1H3,(H,37,41)(H,38,42)(H,43,44)/t29-/m0/s1. The maximum Gasteiger partial charge on any atom is 0.336 e. The Kier molecular flexibility index (Phi) is 12.7. The average Bonchev–Trinajstić information content (AvgIpc) is 3.36. The summed E-state index contributed by atoms with van der Waals surface area (Å²) in [6.07, 6.45) is 4.50. The molecule has 0 saturated carbocycles. The summed E-state index contributed by atoms with van der Waals surface area (Å²) < 4.78 is 1.87. The van der Waals surface area contributed by atoms with E-state index < -0.39 is 11.2 Å². The van der Waals surface area contributed by atoms with Crippen molar-refractivity contribution >= 4 is 42.0 Å². The van der Waals surface area contributed by atoms with Crippen LogP contribution in [0.5, 0.6) is 0 Å². The van der Waals surface area contributed by atoms with Crippen LogP contribution in [0.25, 0.3) is 11.1 Å². The summed E-state index contributed by atoms with van der Waals surface area (Å²) in [6.45, 7) is 3.40. The fraction of sp³-hybridized carbons (Fsp3) is 0.314. The van der Waals surface area contributed by atoms with E-state index in [0.717, 1.165) is 35.4 Å². The maximum absolute atomic E-state index is 13.3. The van der Waals surface area contributed by atoms with Gasteiger partial charge in [-0.1, -0.05) is 97.7 Å². The highest BCUT2D eigenvalue weighted by molar-refractivity contribution is 7.81. The van der Waals surface area contributed by atoms with Crippen molar-refractivity contribution in [2.45, 2.75) is 57.2 Å². The number of nitrogens with zero attached hydrogens (tertiary/aromatic N) is 2. The minimum Gasteiger partial charge on any atom is -0.478 e. The van der Waals surface area contributed by atoms with E-state index in [-0.39, 0.29) is 22.5 Å². The van der Waals surface area contributed by atoms with Gasteiger partial charge in [0.1, 0.15) is 11.5 Å². The smallest absolute Gasteiger partial charge is 0.336 e. The number of aromatic nitrogens is 2. The van der Waals surface area contributed by atoms with Crippen LogP contribution in [-0.2, 0) is 24.2 Å². The van der Waals surface area contributed by atoms with Gasteiger partial charge in [0.05, 0.1) is 10.8 Å². The number of carbonyl (C=O) groups excluding carboxylic acids is 2. The normalized spacial score (nSPS) is 11.6. The monoisotopic (exact) mass is 646 g/mol. The number of aromatic carboxylic acids is 1. The molecule has 0 saturated heterocycles. The Morgan fingerprint density at radius 2 is 1.56 bits per heavy atom. The predicted molar refractivity (Wildman–Crippen MR) is 181 cm³/mol. The highest BCUT2D eigenvalue weighted by Crippen LogP contribution is 2.26. The van der Waals surface area contributed by atoms with Gasteiger partial charge in [0.2, 0.25) is 5.91 Å². The fourth-order valence-corrected chi connectivity index (χ4v) is 5.66. The van der Waals surface area contributed by atoms with Crippen molar-refractivity contribution in [3.63, 3.8) is 0 Å². The number of halogens is 1. The van der Waals surface area contributed by atoms with Gasteiger partial charge in [0.25, 0.3) is 5.91 Å². The summed E-state index contributed by atoms with van der Waals surface area (Å²) in [5.41, 5.74) is 3.98. The number of hydrogen-bond acceptors (Lipinski definition) is 5. The Bertz CT molecular complexity index is 1590. The first-order chi connectivity index (χ1) is 21.8. The van der Waals surface area contributed by atoms with Crippen molar-refractivity contribution in [3.05, 3.63) is 112 Å². The summed E-state index contributed by atoms with van der Waals surface area (Å²) in [4.78, 5) is 41.9. The fourth-order valence-electron chi connectivity index (χ4n) is 5.07. The van der Waals surface area contributed by atoms with Crippen molar-refractivity contribution in [3.8, 4) is 11.1 Å². The second-order valence-corrected chi connectivity index (χ2v) is 11.8. The molecule has 0 aliphatic rings. The average molecular weight is 647 g/mol. The number of hydrogen-bond donors (Lipinski definition) is 4. The van der Waals surface area contributed by atoms with Crippen LogP contribution in [0.2, 0.25) is 5.15 Å². The number of amides is 2. The molecule has 1 heterocycles. The molecule has 3 N–H and O–H groups in total. The molecule has 0 aliphatic heterocycles. The predicted octanol–water partition coefficient (Wildman–Crippen LogP) is 6.46. The largest absolute Gasteiger partial charge is 0.478 e. The Morgan fingerprint density at radius 1 is 0.889 bits per heavy atom. The van der Waals surface area contributed by atoms with E-state index in [0.29, 0.717) is 56.6 Å². The van der Waals surface area contributed by atoms with E-state index in [1.54, 1.807) is 18.2 Å². The third-order valence-corrected chi connectivity index (χ3v) is 8.18. The van der Waals surface area contributed by atoms with E-state index in [9.17, 15) is 19.5 Å². The molecule has 0 spiro atoms. The van der Waals surface area contributed by atoms with Crippen LogP contribution in [0.4, 0.5) is 0 Å². The molecule has 8 nitrogen and oxygen atoms in total. The Balaban J connectivity index is 1.34. The van der Waals surface area contributed by atoms with Crippen molar-refractivity contribution in [1.82, 2.24) is 20.2 Å². The second kappa shape index (κ2) is 16.8. The number of carboxylic acid groups (broad SMARTS) is 1. The van der Waals surface area contributed by atoms with Gasteiger partial charge in [-0.15, -0.1) is 0 Å². The zero-order chi connectivity index (χ0) is 32.2. The van der Waals surface area contributed by atoms with Gasteiger partial charge in [-0.25, -0.2) is 9.78 Å². The van der Waals surface area contributed by atoms with Crippen LogP contribution in [0.3, 0.4) is 0 Å². The topological polar surface area (TPSA) is 113 Å².